The topological polar surface area (TPSA) is 27.7 Å². The molecule has 0 aliphatic carbocycles. The third-order valence-corrected chi connectivity index (χ3v) is 12.5. The van der Waals surface area contributed by atoms with Crippen LogP contribution in [0.1, 0.15) is 77.9 Å². The van der Waals surface area contributed by atoms with Crippen LogP contribution in [0, 0.1) is 96.9 Å². The molecule has 0 unspecified atom stereocenters. The first kappa shape index (κ1) is 59.7. The monoisotopic (exact) mass is 1020 g/mol. The molecule has 0 atom stereocenters. The maximum absolute atomic E-state index is 5.75. The van der Waals surface area contributed by atoms with Crippen LogP contribution in [0.4, 0.5) is 0 Å². The number of benzene rings is 10. The van der Waals surface area contributed by atoms with Gasteiger partial charge < -0.3 is 14.2 Å². The Bertz CT molecular complexity index is 3090. The molecule has 10 aromatic carbocycles. The normalized spacial score (nSPS) is 10.1. The van der Waals surface area contributed by atoms with E-state index in [2.05, 4.69) is 255 Å². The molecule has 0 spiro atoms. The summed E-state index contributed by atoms with van der Waals surface area (Å²) in [6, 6.07) is 75.8. The van der Waals surface area contributed by atoms with Gasteiger partial charge in [-0.3, -0.25) is 0 Å². The molecule has 396 valence electrons. The SMILES string of the molecule is Cc1ccc(-c2ccc(C)cc2)cc1.Cc1ccc(C)cc1.Cc1ccc(OCCOc2ccc(C)cc2C)c(C)c1.Cc1ccc(Oc2ccc(C)cc2)cc1.Cc1ccc2cc(C)ccc2c1.Cc1cccc(C)c1. The van der Waals surface area contributed by atoms with E-state index in [-0.39, 0.29) is 0 Å². The molecule has 0 saturated carbocycles. The number of fused-ring (bicyclic) bond motifs is 1. The standard InChI is InChI=1S/C18H22O2.C14H14O.C14H14.C12H12.2C8H10/c1-13-5-7-17(15(3)11-13)19-9-10-20-18-8-6-14(2)12-16(18)4;1-11-3-7-13(8-4-11)15-14-9-5-12(2)6-10-14;1-11-3-7-13(8-4-11)14-9-5-12(2)6-10-14;1-9-3-5-12-8-10(2)4-6-11(12)7-9;1-7-3-5-8(2)6-4-7;1-7-4-3-5-8(2)6-7/h5-8,11-12H,9-10H2,1-4H3;3-10H,1-2H3;3-10H,1-2H3;3-8H,1-2H3;2*3-6H,1-2H3. The Morgan fingerprint density at radius 3 is 0.792 bits per heavy atom. The molecule has 0 saturated heterocycles. The molecule has 3 nitrogen and oxygen atoms in total. The Morgan fingerprint density at radius 2 is 0.494 bits per heavy atom. The quantitative estimate of drug-likeness (QED) is 0.142. The van der Waals surface area contributed by atoms with Gasteiger partial charge in [0, 0.05) is 0 Å². The Kier molecular flexibility index (Phi) is 24.1. The van der Waals surface area contributed by atoms with Gasteiger partial charge in [-0.05, 0) is 166 Å². The predicted octanol–water partition coefficient (Wildman–Crippen LogP) is 20.5. The van der Waals surface area contributed by atoms with Crippen molar-refractivity contribution in [3.05, 3.63) is 296 Å². The maximum Gasteiger partial charge on any atom is 0.127 e. The van der Waals surface area contributed by atoms with E-state index in [1.54, 1.807) is 0 Å². The summed E-state index contributed by atoms with van der Waals surface area (Å²) in [6.07, 6.45) is 0. The fourth-order valence-corrected chi connectivity index (χ4v) is 8.00. The van der Waals surface area contributed by atoms with Gasteiger partial charge in [-0.25, -0.2) is 0 Å². The van der Waals surface area contributed by atoms with Crippen LogP contribution in [0.5, 0.6) is 23.0 Å². The van der Waals surface area contributed by atoms with Crippen molar-refractivity contribution in [3.8, 4) is 34.1 Å². The molecule has 0 aliphatic rings. The highest BCUT2D eigenvalue weighted by molar-refractivity contribution is 5.83. The molecule has 0 N–H and O–H groups in total. The summed E-state index contributed by atoms with van der Waals surface area (Å²) < 4.78 is 17.2. The van der Waals surface area contributed by atoms with Crippen LogP contribution in [-0.4, -0.2) is 13.2 Å². The Morgan fingerprint density at radius 1 is 0.234 bits per heavy atom. The van der Waals surface area contributed by atoms with Crippen LogP contribution in [0.25, 0.3) is 21.9 Å². The third-order valence-electron chi connectivity index (χ3n) is 12.5. The number of aryl methyl sites for hydroxylation is 14. The van der Waals surface area contributed by atoms with Gasteiger partial charge in [0.25, 0.3) is 0 Å². The van der Waals surface area contributed by atoms with E-state index < -0.39 is 0 Å². The summed E-state index contributed by atoms with van der Waals surface area (Å²) in [7, 11) is 0. The maximum atomic E-state index is 5.75. The average Bonchev–Trinajstić information content (AvgIpc) is 3.40. The van der Waals surface area contributed by atoms with Crippen LogP contribution in [0.3, 0.4) is 0 Å². The van der Waals surface area contributed by atoms with Crippen LogP contribution in [0.15, 0.2) is 218 Å². The third kappa shape index (κ3) is 22.3. The van der Waals surface area contributed by atoms with Crippen molar-refractivity contribution in [2.75, 3.05) is 13.2 Å². The van der Waals surface area contributed by atoms with Gasteiger partial charge in [0.05, 0.1) is 0 Å². The van der Waals surface area contributed by atoms with Crippen LogP contribution in [-0.2, 0) is 0 Å². The highest BCUT2D eigenvalue weighted by Gasteiger charge is 2.03. The fraction of sp³-hybridized carbons (Fsp3) is 0.216. The average molecular weight is 1020 g/mol. The van der Waals surface area contributed by atoms with Gasteiger partial charge in [0.15, 0.2) is 0 Å². The van der Waals surface area contributed by atoms with Crippen molar-refractivity contribution in [1.82, 2.24) is 0 Å². The number of rotatable bonds is 8. The molecule has 3 heteroatoms. The van der Waals surface area contributed by atoms with Gasteiger partial charge in [-0.1, -0.05) is 249 Å². The van der Waals surface area contributed by atoms with E-state index in [1.165, 1.54) is 88.7 Å². The van der Waals surface area contributed by atoms with Gasteiger partial charge in [0.1, 0.15) is 36.2 Å². The summed E-state index contributed by atoms with van der Waals surface area (Å²) in [6.45, 7) is 30.4. The lowest BCUT2D eigenvalue weighted by Gasteiger charge is -2.12. The predicted molar refractivity (Wildman–Crippen MR) is 332 cm³/mol. The Labute approximate surface area is 463 Å². The molecule has 10 aromatic rings. The van der Waals surface area contributed by atoms with Crippen LogP contribution < -0.4 is 14.2 Å². The summed E-state index contributed by atoms with van der Waals surface area (Å²) >= 11 is 0. The lowest BCUT2D eigenvalue weighted by molar-refractivity contribution is 0.215. The first-order chi connectivity index (χ1) is 36.9. The minimum absolute atomic E-state index is 0.553. The first-order valence-corrected chi connectivity index (χ1v) is 26.8. The number of hydrogen-bond acceptors (Lipinski definition) is 3. The fourth-order valence-electron chi connectivity index (χ4n) is 8.00. The molecule has 0 amide bonds. The van der Waals surface area contributed by atoms with E-state index in [9.17, 15) is 0 Å². The Hall–Kier alpha value is -8.14. The highest BCUT2D eigenvalue weighted by Crippen LogP contribution is 2.24. The summed E-state index contributed by atoms with van der Waals surface area (Å²) in [5.74, 6) is 3.62. The molecular formula is C74H82O3. The lowest BCUT2D eigenvalue weighted by atomic mass is 10.0. The van der Waals surface area contributed by atoms with Gasteiger partial charge >= 0.3 is 0 Å². The molecule has 0 aliphatic heterocycles. The summed E-state index contributed by atoms with van der Waals surface area (Å²) in [5, 5.41) is 2.67. The largest absolute Gasteiger partial charge is 0.490 e. The molecule has 0 aromatic heterocycles. The molecule has 77 heavy (non-hydrogen) atoms. The molecule has 0 fully saturated rings. The van der Waals surface area contributed by atoms with Crippen molar-refractivity contribution in [2.45, 2.75) is 96.9 Å². The number of ether oxygens (including phenoxy) is 3. The minimum Gasteiger partial charge on any atom is -0.490 e. The zero-order valence-electron chi connectivity index (χ0n) is 48.4. The van der Waals surface area contributed by atoms with E-state index in [1.807, 2.05) is 60.7 Å². The molecule has 10 rings (SSSR count). The lowest BCUT2D eigenvalue weighted by Crippen LogP contribution is -2.10. The zero-order chi connectivity index (χ0) is 55.7. The second-order valence-electron chi connectivity index (χ2n) is 20.4. The molecular weight excluding hydrogens is 937 g/mol. The summed E-state index contributed by atoms with van der Waals surface area (Å²) in [4.78, 5) is 0. The molecule has 0 bridgehead atoms. The van der Waals surface area contributed by atoms with Crippen molar-refractivity contribution < 1.29 is 14.2 Å². The molecule has 0 radical (unpaired) electrons. The number of hydrogen-bond donors (Lipinski definition) is 0. The van der Waals surface area contributed by atoms with Crippen LogP contribution in [0.2, 0.25) is 0 Å². The van der Waals surface area contributed by atoms with Gasteiger partial charge in [-0.15, -0.1) is 0 Å². The van der Waals surface area contributed by atoms with Crippen molar-refractivity contribution in [2.24, 2.45) is 0 Å². The van der Waals surface area contributed by atoms with Crippen molar-refractivity contribution in [1.29, 1.82) is 0 Å². The second-order valence-corrected chi connectivity index (χ2v) is 20.4. The Balaban J connectivity index is 0.000000175. The zero-order valence-corrected chi connectivity index (χ0v) is 48.4. The first-order valence-electron chi connectivity index (χ1n) is 26.8. The van der Waals surface area contributed by atoms with Crippen LogP contribution >= 0.6 is 0 Å². The smallest absolute Gasteiger partial charge is 0.127 e. The van der Waals surface area contributed by atoms with E-state index in [0.717, 1.165) is 34.1 Å². The second kappa shape index (κ2) is 31.0. The van der Waals surface area contributed by atoms with E-state index >= 15 is 0 Å². The van der Waals surface area contributed by atoms with E-state index in [0.29, 0.717) is 13.2 Å². The van der Waals surface area contributed by atoms with E-state index in [4.69, 9.17) is 14.2 Å². The summed E-state index contributed by atoms with van der Waals surface area (Å²) in [5.41, 5.74) is 20.5. The minimum atomic E-state index is 0.553. The van der Waals surface area contributed by atoms with Crippen molar-refractivity contribution >= 4 is 10.8 Å². The highest BCUT2D eigenvalue weighted by atomic mass is 16.5. The molecule has 0 heterocycles. The van der Waals surface area contributed by atoms with Crippen molar-refractivity contribution in [3.63, 3.8) is 0 Å². The van der Waals surface area contributed by atoms with Gasteiger partial charge in [0.2, 0.25) is 0 Å². The van der Waals surface area contributed by atoms with Gasteiger partial charge in [-0.2, -0.15) is 0 Å².